The van der Waals surface area contributed by atoms with E-state index in [1.54, 1.807) is 6.20 Å². The quantitative estimate of drug-likeness (QED) is 0.755. The number of aryl methyl sites for hydroxylation is 1. The first-order valence-corrected chi connectivity index (χ1v) is 6.15. The number of pyridine rings is 1. The highest BCUT2D eigenvalue weighted by atomic mass is 16.1. The van der Waals surface area contributed by atoms with Crippen molar-refractivity contribution >= 4 is 17.8 Å². The number of anilines is 2. The zero-order valence-electron chi connectivity index (χ0n) is 11.1. The molecule has 1 aromatic rings. The number of nitrogen functional groups attached to an aromatic ring is 1. The summed E-state index contributed by atoms with van der Waals surface area (Å²) in [4.78, 5) is 17.8. The molecule has 1 unspecified atom stereocenters. The third kappa shape index (κ3) is 2.18. The van der Waals surface area contributed by atoms with Crippen LogP contribution < -0.4 is 16.0 Å². The van der Waals surface area contributed by atoms with Crippen LogP contribution in [-0.4, -0.2) is 35.9 Å². The number of nitrogens with one attached hydrogen (secondary N) is 1. The molecule has 0 amide bonds. The molecule has 1 aliphatic heterocycles. The third-order valence-electron chi connectivity index (χ3n) is 3.48. The highest BCUT2D eigenvalue weighted by Gasteiger charge is 2.38. The van der Waals surface area contributed by atoms with Crippen LogP contribution in [-0.2, 0) is 4.79 Å². The Morgan fingerprint density at radius 2 is 2.33 bits per heavy atom. The molecule has 5 nitrogen and oxygen atoms in total. The van der Waals surface area contributed by atoms with E-state index in [1.165, 1.54) is 0 Å². The molecule has 0 radical (unpaired) electrons. The van der Waals surface area contributed by atoms with Gasteiger partial charge < -0.3 is 20.7 Å². The molecule has 98 valence electrons. The molecule has 2 heterocycles. The summed E-state index contributed by atoms with van der Waals surface area (Å²) in [5.41, 5.74) is 7.11. The average molecular weight is 248 g/mol. The van der Waals surface area contributed by atoms with Crippen molar-refractivity contribution in [2.75, 3.05) is 23.7 Å². The van der Waals surface area contributed by atoms with Gasteiger partial charge in [0, 0.05) is 18.6 Å². The van der Waals surface area contributed by atoms with Gasteiger partial charge in [-0.1, -0.05) is 0 Å². The van der Waals surface area contributed by atoms with E-state index in [4.69, 9.17) is 5.73 Å². The zero-order valence-corrected chi connectivity index (χ0v) is 11.1. The Morgan fingerprint density at radius 3 is 2.94 bits per heavy atom. The minimum Gasteiger partial charge on any atom is -0.397 e. The first kappa shape index (κ1) is 12.8. The fourth-order valence-electron chi connectivity index (χ4n) is 2.50. The molecule has 3 N–H and O–H groups in total. The summed E-state index contributed by atoms with van der Waals surface area (Å²) in [6.07, 6.45) is 2.63. The SMILES string of the molecule is Cc1cc(N)cnc1N1CCNC(C)(C)C1C=O. The van der Waals surface area contributed by atoms with Crippen LogP contribution in [0.4, 0.5) is 11.5 Å². The lowest BCUT2D eigenvalue weighted by atomic mass is 9.91. The largest absolute Gasteiger partial charge is 0.397 e. The van der Waals surface area contributed by atoms with Crippen molar-refractivity contribution in [1.29, 1.82) is 0 Å². The Labute approximate surface area is 107 Å². The van der Waals surface area contributed by atoms with Crippen LogP contribution in [0.3, 0.4) is 0 Å². The van der Waals surface area contributed by atoms with E-state index in [1.807, 2.05) is 26.8 Å². The van der Waals surface area contributed by atoms with Gasteiger partial charge in [-0.15, -0.1) is 0 Å². The van der Waals surface area contributed by atoms with Crippen LogP contribution in [0.25, 0.3) is 0 Å². The molecule has 0 bridgehead atoms. The highest BCUT2D eigenvalue weighted by Crippen LogP contribution is 2.26. The van der Waals surface area contributed by atoms with E-state index >= 15 is 0 Å². The van der Waals surface area contributed by atoms with Crippen molar-refractivity contribution in [1.82, 2.24) is 10.3 Å². The van der Waals surface area contributed by atoms with Crippen LogP contribution in [0.15, 0.2) is 12.3 Å². The summed E-state index contributed by atoms with van der Waals surface area (Å²) in [6.45, 7) is 7.64. The lowest BCUT2D eigenvalue weighted by molar-refractivity contribution is -0.110. The van der Waals surface area contributed by atoms with E-state index in [-0.39, 0.29) is 11.6 Å². The number of rotatable bonds is 2. The Morgan fingerprint density at radius 1 is 1.61 bits per heavy atom. The number of hydrogen-bond donors (Lipinski definition) is 2. The summed E-state index contributed by atoms with van der Waals surface area (Å²) >= 11 is 0. The molecular weight excluding hydrogens is 228 g/mol. The van der Waals surface area contributed by atoms with Gasteiger partial charge in [0.25, 0.3) is 0 Å². The van der Waals surface area contributed by atoms with Crippen molar-refractivity contribution in [2.45, 2.75) is 32.4 Å². The van der Waals surface area contributed by atoms with Crippen LogP contribution in [0.1, 0.15) is 19.4 Å². The second-order valence-corrected chi connectivity index (χ2v) is 5.33. The number of carbonyl (C=O) groups excluding carboxylic acids is 1. The average Bonchev–Trinajstić information content (AvgIpc) is 2.27. The van der Waals surface area contributed by atoms with Gasteiger partial charge in [0.1, 0.15) is 18.1 Å². The van der Waals surface area contributed by atoms with Gasteiger partial charge in [0.05, 0.1) is 11.9 Å². The van der Waals surface area contributed by atoms with Gasteiger partial charge in [-0.2, -0.15) is 0 Å². The summed E-state index contributed by atoms with van der Waals surface area (Å²) in [5.74, 6) is 0.843. The smallest absolute Gasteiger partial charge is 0.144 e. The summed E-state index contributed by atoms with van der Waals surface area (Å²) in [6, 6.07) is 1.67. The Bertz CT molecular complexity index is 458. The highest BCUT2D eigenvalue weighted by molar-refractivity contribution is 5.69. The molecule has 1 aliphatic rings. The molecular formula is C13H20N4O. The third-order valence-corrected chi connectivity index (χ3v) is 3.48. The molecule has 0 aromatic carbocycles. The van der Waals surface area contributed by atoms with E-state index in [9.17, 15) is 4.79 Å². The van der Waals surface area contributed by atoms with Gasteiger partial charge in [-0.05, 0) is 32.4 Å². The molecule has 1 fully saturated rings. The molecule has 5 heteroatoms. The first-order valence-electron chi connectivity index (χ1n) is 6.15. The lowest BCUT2D eigenvalue weighted by Crippen LogP contribution is -2.65. The van der Waals surface area contributed by atoms with Crippen molar-refractivity contribution in [3.63, 3.8) is 0 Å². The van der Waals surface area contributed by atoms with Gasteiger partial charge in [0.2, 0.25) is 0 Å². The summed E-state index contributed by atoms with van der Waals surface area (Å²) in [7, 11) is 0. The monoisotopic (exact) mass is 248 g/mol. The van der Waals surface area contributed by atoms with Crippen molar-refractivity contribution in [2.24, 2.45) is 0 Å². The molecule has 2 rings (SSSR count). The molecule has 0 saturated carbocycles. The molecule has 1 saturated heterocycles. The van der Waals surface area contributed by atoms with Crippen LogP contribution in [0.2, 0.25) is 0 Å². The predicted molar refractivity (Wildman–Crippen MR) is 72.7 cm³/mol. The molecule has 0 aliphatic carbocycles. The van der Waals surface area contributed by atoms with E-state index in [0.717, 1.165) is 30.8 Å². The topological polar surface area (TPSA) is 71.2 Å². The number of nitrogens with zero attached hydrogens (tertiary/aromatic N) is 2. The van der Waals surface area contributed by atoms with Crippen molar-refractivity contribution < 1.29 is 4.79 Å². The number of hydrogen-bond acceptors (Lipinski definition) is 5. The first-order chi connectivity index (χ1) is 8.45. The van der Waals surface area contributed by atoms with Gasteiger partial charge in [0.15, 0.2) is 0 Å². The second-order valence-electron chi connectivity index (χ2n) is 5.33. The van der Waals surface area contributed by atoms with Crippen LogP contribution >= 0.6 is 0 Å². The predicted octanol–water partition coefficient (Wildman–Crippen LogP) is 0.728. The molecule has 1 aromatic heterocycles. The fourth-order valence-corrected chi connectivity index (χ4v) is 2.50. The summed E-state index contributed by atoms with van der Waals surface area (Å²) in [5, 5.41) is 3.36. The number of piperazine rings is 1. The lowest BCUT2D eigenvalue weighted by Gasteiger charge is -2.45. The van der Waals surface area contributed by atoms with Crippen molar-refractivity contribution in [3.8, 4) is 0 Å². The number of nitrogens with two attached hydrogens (primary N) is 1. The number of aromatic nitrogens is 1. The second kappa shape index (κ2) is 4.57. The summed E-state index contributed by atoms with van der Waals surface area (Å²) < 4.78 is 0. The van der Waals surface area contributed by atoms with Gasteiger partial charge in [-0.25, -0.2) is 4.98 Å². The number of aldehydes is 1. The van der Waals surface area contributed by atoms with Gasteiger partial charge >= 0.3 is 0 Å². The van der Waals surface area contributed by atoms with Crippen LogP contribution in [0, 0.1) is 6.92 Å². The van der Waals surface area contributed by atoms with E-state index in [0.29, 0.717) is 5.69 Å². The molecule has 18 heavy (non-hydrogen) atoms. The molecule has 1 atom stereocenters. The van der Waals surface area contributed by atoms with Crippen molar-refractivity contribution in [3.05, 3.63) is 17.8 Å². The minimum absolute atomic E-state index is 0.221. The molecule has 0 spiro atoms. The minimum atomic E-state index is -0.254. The maximum Gasteiger partial charge on any atom is 0.144 e. The normalized spacial score (nSPS) is 22.8. The van der Waals surface area contributed by atoms with Gasteiger partial charge in [-0.3, -0.25) is 0 Å². The Balaban J connectivity index is 2.39. The number of carbonyl (C=O) groups is 1. The van der Waals surface area contributed by atoms with E-state index < -0.39 is 0 Å². The van der Waals surface area contributed by atoms with E-state index in [2.05, 4.69) is 15.2 Å². The Kier molecular flexibility index (Phi) is 3.26. The Hall–Kier alpha value is -1.62. The maximum atomic E-state index is 11.4. The van der Waals surface area contributed by atoms with Crippen LogP contribution in [0.5, 0.6) is 0 Å². The zero-order chi connectivity index (χ0) is 13.3. The standard InChI is InChI=1S/C13H20N4O/c1-9-6-10(14)7-15-12(9)17-5-4-16-13(2,3)11(17)8-18/h6-8,11,16H,4-5,14H2,1-3H3. The maximum absolute atomic E-state index is 11.4. The fraction of sp³-hybridized carbons (Fsp3) is 0.538.